The number of likely N-dealkylation sites (N-methyl/N-ethyl adjacent to an activating group) is 1. The van der Waals surface area contributed by atoms with Gasteiger partial charge in [-0.05, 0) is 23.8 Å². The number of fused-ring (bicyclic) bond motifs is 2. The van der Waals surface area contributed by atoms with E-state index in [-0.39, 0.29) is 24.8 Å². The molecule has 8 nitrogen and oxygen atoms in total. The summed E-state index contributed by atoms with van der Waals surface area (Å²) in [5.74, 6) is 1.05. The number of anilines is 3. The van der Waals surface area contributed by atoms with Gasteiger partial charge >= 0.3 is 0 Å². The quantitative estimate of drug-likeness (QED) is 0.450. The summed E-state index contributed by atoms with van der Waals surface area (Å²) in [6.45, 7) is 0.432. The molecule has 5 rings (SSSR count). The largest absolute Gasteiger partial charge is 0.482 e. The van der Waals surface area contributed by atoms with Gasteiger partial charge in [-0.15, -0.1) is 11.3 Å². The van der Waals surface area contributed by atoms with Crippen LogP contribution in [-0.2, 0) is 9.59 Å². The van der Waals surface area contributed by atoms with E-state index >= 15 is 0 Å². The number of carbonyl (C=O) groups excluding carboxylic acids is 2. The normalized spacial score (nSPS) is 12.9. The standard InChI is InChI=1S/C24H21N5O3S/c1-29-18-11-16(7-8-19(18)32-12-21(29)31)28-20(30)9-10-25-23-22-17(15-5-3-2-4-6-15)13-33-24(22)27-14-26-23/h2-8,11,13-14H,9-10,12H2,1H3,(H,28,30)(H,25,26,27). The summed E-state index contributed by atoms with van der Waals surface area (Å²) in [6.07, 6.45) is 1.78. The van der Waals surface area contributed by atoms with Crippen LogP contribution in [0.5, 0.6) is 5.75 Å². The molecule has 0 bridgehead atoms. The second-order valence-electron chi connectivity index (χ2n) is 7.57. The highest BCUT2D eigenvalue weighted by Gasteiger charge is 2.22. The molecule has 0 atom stereocenters. The van der Waals surface area contributed by atoms with Gasteiger partial charge in [0.05, 0.1) is 11.1 Å². The van der Waals surface area contributed by atoms with Crippen LogP contribution >= 0.6 is 11.3 Å². The minimum Gasteiger partial charge on any atom is -0.482 e. The molecule has 0 radical (unpaired) electrons. The van der Waals surface area contributed by atoms with Gasteiger partial charge in [0.15, 0.2) is 6.61 Å². The lowest BCUT2D eigenvalue weighted by Crippen LogP contribution is -2.35. The third-order valence-electron chi connectivity index (χ3n) is 5.43. The molecule has 1 aliphatic heterocycles. The number of benzene rings is 2. The van der Waals surface area contributed by atoms with E-state index in [1.807, 2.05) is 18.2 Å². The maximum atomic E-state index is 12.5. The third kappa shape index (κ3) is 4.22. The Bertz CT molecular complexity index is 1340. The van der Waals surface area contributed by atoms with Gasteiger partial charge in [0.1, 0.15) is 22.7 Å². The van der Waals surface area contributed by atoms with Crippen LogP contribution in [0.4, 0.5) is 17.2 Å². The van der Waals surface area contributed by atoms with Crippen LogP contribution in [-0.4, -0.2) is 42.0 Å². The number of nitrogens with zero attached hydrogens (tertiary/aromatic N) is 3. The molecular formula is C24H21N5O3S. The number of nitrogens with one attached hydrogen (secondary N) is 2. The van der Waals surface area contributed by atoms with Crippen molar-refractivity contribution in [2.75, 3.05) is 35.7 Å². The zero-order chi connectivity index (χ0) is 22.8. The Morgan fingerprint density at radius 2 is 2.03 bits per heavy atom. The van der Waals surface area contributed by atoms with Crippen LogP contribution in [0.25, 0.3) is 21.3 Å². The molecule has 4 aromatic rings. The van der Waals surface area contributed by atoms with Crippen molar-refractivity contribution < 1.29 is 14.3 Å². The summed E-state index contributed by atoms with van der Waals surface area (Å²) in [4.78, 5) is 35.6. The third-order valence-corrected chi connectivity index (χ3v) is 6.32. The number of hydrogen-bond acceptors (Lipinski definition) is 7. The first-order chi connectivity index (χ1) is 16.1. The Balaban J connectivity index is 1.26. The molecule has 2 amide bonds. The van der Waals surface area contributed by atoms with Crippen molar-refractivity contribution in [2.45, 2.75) is 6.42 Å². The number of aromatic nitrogens is 2. The Kier molecular flexibility index (Phi) is 5.62. The number of hydrogen-bond donors (Lipinski definition) is 2. The zero-order valence-corrected chi connectivity index (χ0v) is 18.7. The van der Waals surface area contributed by atoms with Crippen molar-refractivity contribution >= 4 is 50.6 Å². The van der Waals surface area contributed by atoms with Crippen LogP contribution in [0.1, 0.15) is 6.42 Å². The molecule has 0 aliphatic carbocycles. The van der Waals surface area contributed by atoms with E-state index in [9.17, 15) is 9.59 Å². The Hall–Kier alpha value is -3.98. The predicted molar refractivity (Wildman–Crippen MR) is 130 cm³/mol. The first kappa shape index (κ1) is 20.9. The highest BCUT2D eigenvalue weighted by atomic mass is 32.1. The van der Waals surface area contributed by atoms with Crippen LogP contribution in [0.3, 0.4) is 0 Å². The summed E-state index contributed by atoms with van der Waals surface area (Å²) >= 11 is 1.57. The average Bonchev–Trinajstić information content (AvgIpc) is 3.27. The van der Waals surface area contributed by atoms with Crippen molar-refractivity contribution in [2.24, 2.45) is 0 Å². The van der Waals surface area contributed by atoms with Gasteiger partial charge < -0.3 is 20.3 Å². The smallest absolute Gasteiger partial charge is 0.264 e. The molecular weight excluding hydrogens is 438 g/mol. The van der Waals surface area contributed by atoms with E-state index in [0.29, 0.717) is 29.5 Å². The highest BCUT2D eigenvalue weighted by Crippen LogP contribution is 2.36. The van der Waals surface area contributed by atoms with Gasteiger partial charge in [0, 0.05) is 36.6 Å². The van der Waals surface area contributed by atoms with Gasteiger partial charge in [-0.25, -0.2) is 9.97 Å². The molecule has 2 aromatic heterocycles. The van der Waals surface area contributed by atoms with Crippen LogP contribution in [0.2, 0.25) is 0 Å². The molecule has 166 valence electrons. The molecule has 0 unspecified atom stereocenters. The maximum absolute atomic E-state index is 12.5. The summed E-state index contributed by atoms with van der Waals surface area (Å²) in [6, 6.07) is 15.4. The van der Waals surface area contributed by atoms with E-state index < -0.39 is 0 Å². The second kappa shape index (κ2) is 8.87. The monoisotopic (exact) mass is 459 g/mol. The fourth-order valence-corrected chi connectivity index (χ4v) is 4.62. The summed E-state index contributed by atoms with van der Waals surface area (Å²) in [7, 11) is 1.69. The Labute approximate surface area is 194 Å². The minimum atomic E-state index is -0.146. The Morgan fingerprint density at radius 1 is 1.18 bits per heavy atom. The molecule has 0 spiro atoms. The Morgan fingerprint density at radius 3 is 2.88 bits per heavy atom. The van der Waals surface area contributed by atoms with E-state index in [0.717, 1.165) is 21.3 Å². The van der Waals surface area contributed by atoms with Gasteiger partial charge in [0.2, 0.25) is 5.91 Å². The molecule has 1 aliphatic rings. The molecule has 2 aromatic carbocycles. The number of amides is 2. The topological polar surface area (TPSA) is 96.5 Å². The second-order valence-corrected chi connectivity index (χ2v) is 8.42. The van der Waals surface area contributed by atoms with Gasteiger partial charge in [-0.1, -0.05) is 30.3 Å². The molecule has 33 heavy (non-hydrogen) atoms. The van der Waals surface area contributed by atoms with Crippen LogP contribution in [0, 0.1) is 0 Å². The average molecular weight is 460 g/mol. The first-order valence-corrected chi connectivity index (χ1v) is 11.3. The van der Waals surface area contributed by atoms with Crippen LogP contribution < -0.4 is 20.3 Å². The van der Waals surface area contributed by atoms with Crippen molar-refractivity contribution in [3.05, 3.63) is 60.2 Å². The fourth-order valence-electron chi connectivity index (χ4n) is 3.71. The van der Waals surface area contributed by atoms with Gasteiger partial charge in [-0.3, -0.25) is 9.59 Å². The molecule has 2 N–H and O–H groups in total. The number of thiophene rings is 1. The summed E-state index contributed by atoms with van der Waals surface area (Å²) < 4.78 is 5.42. The lowest BCUT2D eigenvalue weighted by atomic mass is 10.1. The van der Waals surface area contributed by atoms with E-state index in [4.69, 9.17) is 4.74 Å². The van der Waals surface area contributed by atoms with Gasteiger partial charge in [-0.2, -0.15) is 0 Å². The minimum absolute atomic E-state index is 0.0211. The van der Waals surface area contributed by atoms with Crippen molar-refractivity contribution in [3.8, 4) is 16.9 Å². The molecule has 3 heterocycles. The van der Waals surface area contributed by atoms with Crippen molar-refractivity contribution in [3.63, 3.8) is 0 Å². The SMILES string of the molecule is CN1C(=O)COc2ccc(NC(=O)CCNc3ncnc4scc(-c5ccccc5)c34)cc21. The fraction of sp³-hybridized carbons (Fsp3) is 0.167. The molecule has 0 fully saturated rings. The molecule has 0 saturated carbocycles. The highest BCUT2D eigenvalue weighted by molar-refractivity contribution is 7.17. The first-order valence-electron chi connectivity index (χ1n) is 10.4. The van der Waals surface area contributed by atoms with E-state index in [2.05, 4.69) is 38.1 Å². The van der Waals surface area contributed by atoms with Crippen molar-refractivity contribution in [1.29, 1.82) is 0 Å². The lowest BCUT2D eigenvalue weighted by molar-refractivity contribution is -0.121. The number of rotatable bonds is 6. The van der Waals surface area contributed by atoms with Crippen LogP contribution in [0.15, 0.2) is 60.2 Å². The summed E-state index contributed by atoms with van der Waals surface area (Å²) in [5, 5.41) is 9.20. The zero-order valence-electron chi connectivity index (χ0n) is 17.9. The maximum Gasteiger partial charge on any atom is 0.264 e. The molecule has 0 saturated heterocycles. The molecule has 9 heteroatoms. The number of carbonyl (C=O) groups is 2. The van der Waals surface area contributed by atoms with E-state index in [1.54, 1.807) is 36.6 Å². The lowest BCUT2D eigenvalue weighted by Gasteiger charge is -2.26. The van der Waals surface area contributed by atoms with Gasteiger partial charge in [0.25, 0.3) is 5.91 Å². The summed E-state index contributed by atoms with van der Waals surface area (Å²) in [5.41, 5.74) is 3.41. The van der Waals surface area contributed by atoms with E-state index in [1.165, 1.54) is 11.2 Å². The number of ether oxygens (including phenoxy) is 1. The predicted octanol–water partition coefficient (Wildman–Crippen LogP) is 4.15. The van der Waals surface area contributed by atoms with Crippen molar-refractivity contribution in [1.82, 2.24) is 9.97 Å².